The number of furan rings is 1. The molecule has 1 heterocycles. The lowest BCUT2D eigenvalue weighted by Gasteiger charge is -2.00. The third-order valence-electron chi connectivity index (χ3n) is 3.56. The molecule has 0 radical (unpaired) electrons. The summed E-state index contributed by atoms with van der Waals surface area (Å²) in [6, 6.07) is 15.0. The number of carbonyl (C=O) groups excluding carboxylic acids is 1. The number of hydrogen-bond acceptors (Lipinski definition) is 4. The SMILES string of the molecule is O=C(C=Cc1ccc(-c2ccc([N+](=O)[O-])cc2Br)o1)c1cccc(Br)c1. The Hall–Kier alpha value is -2.51. The molecule has 7 heteroatoms. The van der Waals surface area contributed by atoms with Crippen LogP contribution in [0.3, 0.4) is 0 Å². The Morgan fingerprint density at radius 2 is 1.88 bits per heavy atom. The first-order valence-corrected chi connectivity index (χ1v) is 9.05. The maximum absolute atomic E-state index is 12.2. The highest BCUT2D eigenvalue weighted by Gasteiger charge is 2.13. The molecule has 2 aromatic carbocycles. The summed E-state index contributed by atoms with van der Waals surface area (Å²) in [5.41, 5.74) is 1.25. The van der Waals surface area contributed by atoms with Crippen molar-refractivity contribution < 1.29 is 14.1 Å². The Balaban J connectivity index is 1.80. The van der Waals surface area contributed by atoms with Gasteiger partial charge in [0.15, 0.2) is 5.78 Å². The number of nitrogens with zero attached hydrogens (tertiary/aromatic N) is 1. The number of benzene rings is 2. The van der Waals surface area contributed by atoms with Crippen molar-refractivity contribution in [2.45, 2.75) is 0 Å². The van der Waals surface area contributed by atoms with Crippen LogP contribution in [0.5, 0.6) is 0 Å². The van der Waals surface area contributed by atoms with Gasteiger partial charge in [0.2, 0.25) is 0 Å². The number of halogens is 2. The van der Waals surface area contributed by atoms with Crippen LogP contribution in [-0.2, 0) is 0 Å². The molecule has 0 atom stereocenters. The van der Waals surface area contributed by atoms with Gasteiger partial charge in [-0.15, -0.1) is 0 Å². The molecule has 0 N–H and O–H groups in total. The number of non-ortho nitro benzene ring substituents is 1. The Morgan fingerprint density at radius 3 is 2.58 bits per heavy atom. The fourth-order valence-electron chi connectivity index (χ4n) is 2.30. The van der Waals surface area contributed by atoms with Crippen LogP contribution < -0.4 is 0 Å². The van der Waals surface area contributed by atoms with Crippen molar-refractivity contribution in [2.75, 3.05) is 0 Å². The lowest BCUT2D eigenvalue weighted by Crippen LogP contribution is -1.93. The van der Waals surface area contributed by atoms with Gasteiger partial charge in [-0.05, 0) is 58.4 Å². The van der Waals surface area contributed by atoms with Crippen LogP contribution in [-0.4, -0.2) is 10.7 Å². The number of rotatable bonds is 5. The fourth-order valence-corrected chi connectivity index (χ4v) is 3.26. The zero-order valence-electron chi connectivity index (χ0n) is 13.2. The van der Waals surface area contributed by atoms with Crippen LogP contribution in [0.25, 0.3) is 17.4 Å². The van der Waals surface area contributed by atoms with Gasteiger partial charge in [0.1, 0.15) is 11.5 Å². The van der Waals surface area contributed by atoms with Crippen molar-refractivity contribution in [3.05, 3.63) is 91.1 Å². The standard InChI is InChI=1S/C19H11Br2NO4/c20-13-3-1-2-12(10-13)18(23)8-5-15-6-9-19(26-15)16-7-4-14(22(24)25)11-17(16)21/h1-11H. The molecule has 3 aromatic rings. The molecule has 1 aromatic heterocycles. The Kier molecular flexibility index (Phi) is 5.49. The summed E-state index contributed by atoms with van der Waals surface area (Å²) in [6.07, 6.45) is 3.03. The highest BCUT2D eigenvalue weighted by Crippen LogP contribution is 2.32. The van der Waals surface area contributed by atoms with Gasteiger partial charge in [0, 0.05) is 32.2 Å². The van der Waals surface area contributed by atoms with Gasteiger partial charge in [-0.1, -0.05) is 28.1 Å². The van der Waals surface area contributed by atoms with Crippen LogP contribution in [0.15, 0.2) is 74.0 Å². The molecule has 26 heavy (non-hydrogen) atoms. The van der Waals surface area contributed by atoms with Gasteiger partial charge in [0.05, 0.1) is 4.92 Å². The van der Waals surface area contributed by atoms with E-state index < -0.39 is 4.92 Å². The molecule has 130 valence electrons. The fraction of sp³-hybridized carbons (Fsp3) is 0. The molecule has 0 fully saturated rings. The average molecular weight is 477 g/mol. The van der Waals surface area contributed by atoms with E-state index in [9.17, 15) is 14.9 Å². The molecular weight excluding hydrogens is 466 g/mol. The van der Waals surface area contributed by atoms with Gasteiger partial charge in [-0.3, -0.25) is 14.9 Å². The highest BCUT2D eigenvalue weighted by atomic mass is 79.9. The number of nitro groups is 1. The smallest absolute Gasteiger partial charge is 0.270 e. The second kappa shape index (κ2) is 7.80. The van der Waals surface area contributed by atoms with E-state index in [1.165, 1.54) is 18.2 Å². The predicted octanol–water partition coefficient (Wildman–Crippen LogP) is 6.28. The molecule has 0 saturated carbocycles. The molecule has 3 rings (SSSR count). The molecule has 0 aliphatic rings. The predicted molar refractivity (Wildman–Crippen MR) is 106 cm³/mol. The quantitative estimate of drug-likeness (QED) is 0.188. The third-order valence-corrected chi connectivity index (χ3v) is 4.71. The maximum Gasteiger partial charge on any atom is 0.270 e. The lowest BCUT2D eigenvalue weighted by molar-refractivity contribution is -0.384. The summed E-state index contributed by atoms with van der Waals surface area (Å²) in [5.74, 6) is 0.913. The molecule has 0 amide bonds. The number of ketones is 1. The molecular formula is C19H11Br2NO4. The van der Waals surface area contributed by atoms with Crippen molar-refractivity contribution in [1.82, 2.24) is 0 Å². The Morgan fingerprint density at radius 1 is 1.08 bits per heavy atom. The molecule has 0 bridgehead atoms. The van der Waals surface area contributed by atoms with E-state index in [0.29, 0.717) is 27.1 Å². The number of carbonyl (C=O) groups is 1. The molecule has 0 aliphatic carbocycles. The van der Waals surface area contributed by atoms with Gasteiger partial charge in [-0.25, -0.2) is 0 Å². The summed E-state index contributed by atoms with van der Waals surface area (Å²) in [7, 11) is 0. The molecule has 5 nitrogen and oxygen atoms in total. The zero-order valence-corrected chi connectivity index (χ0v) is 16.4. The third kappa shape index (κ3) is 4.17. The zero-order chi connectivity index (χ0) is 18.7. The van der Waals surface area contributed by atoms with Crippen molar-refractivity contribution >= 4 is 49.4 Å². The van der Waals surface area contributed by atoms with Crippen LogP contribution in [0.1, 0.15) is 16.1 Å². The Labute approximate surface area is 165 Å². The van der Waals surface area contributed by atoms with Crippen LogP contribution in [0.4, 0.5) is 5.69 Å². The summed E-state index contributed by atoms with van der Waals surface area (Å²) >= 11 is 6.65. The van der Waals surface area contributed by atoms with E-state index in [1.807, 2.05) is 6.07 Å². The first kappa shape index (κ1) is 18.3. The number of hydrogen-bond donors (Lipinski definition) is 0. The molecule has 0 unspecified atom stereocenters. The van der Waals surface area contributed by atoms with Crippen LogP contribution in [0.2, 0.25) is 0 Å². The van der Waals surface area contributed by atoms with Crippen LogP contribution >= 0.6 is 31.9 Å². The summed E-state index contributed by atoms with van der Waals surface area (Å²) in [6.45, 7) is 0. The monoisotopic (exact) mass is 475 g/mol. The van der Waals surface area contributed by atoms with E-state index in [4.69, 9.17) is 4.42 Å². The number of nitro benzene ring substituents is 1. The van der Waals surface area contributed by atoms with E-state index in [0.717, 1.165) is 4.47 Å². The van der Waals surface area contributed by atoms with Gasteiger partial charge >= 0.3 is 0 Å². The topological polar surface area (TPSA) is 73.3 Å². The average Bonchev–Trinajstić information content (AvgIpc) is 3.08. The highest BCUT2D eigenvalue weighted by molar-refractivity contribution is 9.10. The van der Waals surface area contributed by atoms with Crippen molar-refractivity contribution in [3.8, 4) is 11.3 Å². The van der Waals surface area contributed by atoms with E-state index in [-0.39, 0.29) is 11.5 Å². The Bertz CT molecular complexity index is 1020. The van der Waals surface area contributed by atoms with Crippen molar-refractivity contribution in [2.24, 2.45) is 0 Å². The van der Waals surface area contributed by atoms with Crippen LogP contribution in [0, 0.1) is 10.1 Å². The second-order valence-corrected chi connectivity index (χ2v) is 7.10. The van der Waals surface area contributed by atoms with Gasteiger partial charge < -0.3 is 4.42 Å². The van der Waals surface area contributed by atoms with E-state index in [2.05, 4.69) is 31.9 Å². The maximum atomic E-state index is 12.2. The molecule has 0 spiro atoms. The minimum Gasteiger partial charge on any atom is -0.457 e. The minimum absolute atomic E-state index is 0.00748. The minimum atomic E-state index is -0.460. The normalized spacial score (nSPS) is 11.0. The van der Waals surface area contributed by atoms with Crippen molar-refractivity contribution in [3.63, 3.8) is 0 Å². The van der Waals surface area contributed by atoms with E-state index >= 15 is 0 Å². The summed E-state index contributed by atoms with van der Waals surface area (Å²) < 4.78 is 7.10. The largest absolute Gasteiger partial charge is 0.457 e. The van der Waals surface area contributed by atoms with Gasteiger partial charge in [-0.2, -0.15) is 0 Å². The molecule has 0 aliphatic heterocycles. The first-order valence-electron chi connectivity index (χ1n) is 7.46. The van der Waals surface area contributed by atoms with Gasteiger partial charge in [0.25, 0.3) is 5.69 Å². The lowest BCUT2D eigenvalue weighted by atomic mass is 10.1. The van der Waals surface area contributed by atoms with Crippen molar-refractivity contribution in [1.29, 1.82) is 0 Å². The summed E-state index contributed by atoms with van der Waals surface area (Å²) in [4.78, 5) is 22.5. The molecule has 0 saturated heterocycles. The first-order chi connectivity index (χ1) is 12.4. The number of allylic oxidation sites excluding steroid dienone is 1. The van der Waals surface area contributed by atoms with E-state index in [1.54, 1.807) is 42.5 Å². The second-order valence-electron chi connectivity index (χ2n) is 5.33. The summed E-state index contributed by atoms with van der Waals surface area (Å²) in [5, 5.41) is 10.8.